The summed E-state index contributed by atoms with van der Waals surface area (Å²) in [6.07, 6.45) is 1.69. The maximum Gasteiger partial charge on any atom is 0.222 e. The SMILES string of the molecule is CC1(C)CN(c2nc(N)ncc2Br)CC(C)(C)O1. The van der Waals surface area contributed by atoms with E-state index >= 15 is 0 Å². The molecule has 0 atom stereocenters. The molecule has 1 aromatic heterocycles. The third-order valence-electron chi connectivity index (χ3n) is 2.74. The summed E-state index contributed by atoms with van der Waals surface area (Å²) in [6.45, 7) is 9.87. The Morgan fingerprint density at radius 2 is 1.83 bits per heavy atom. The molecule has 6 heteroatoms. The Kier molecular flexibility index (Phi) is 3.27. The van der Waals surface area contributed by atoms with Gasteiger partial charge in [-0.25, -0.2) is 4.98 Å². The second kappa shape index (κ2) is 4.35. The van der Waals surface area contributed by atoms with E-state index < -0.39 is 0 Å². The van der Waals surface area contributed by atoms with Crippen molar-refractivity contribution in [2.24, 2.45) is 0 Å². The van der Waals surface area contributed by atoms with E-state index in [0.717, 1.165) is 23.4 Å². The maximum atomic E-state index is 6.05. The van der Waals surface area contributed by atoms with Crippen LogP contribution in [-0.2, 0) is 4.74 Å². The predicted octanol–water partition coefficient (Wildman–Crippen LogP) is 2.22. The Labute approximate surface area is 116 Å². The van der Waals surface area contributed by atoms with E-state index in [1.54, 1.807) is 6.20 Å². The molecule has 1 aromatic rings. The number of hydrogen-bond acceptors (Lipinski definition) is 5. The van der Waals surface area contributed by atoms with Crippen LogP contribution >= 0.6 is 15.9 Å². The van der Waals surface area contributed by atoms with Gasteiger partial charge in [0.15, 0.2) is 0 Å². The van der Waals surface area contributed by atoms with Crippen molar-refractivity contribution in [2.45, 2.75) is 38.9 Å². The van der Waals surface area contributed by atoms with Crippen molar-refractivity contribution in [2.75, 3.05) is 23.7 Å². The van der Waals surface area contributed by atoms with Crippen molar-refractivity contribution in [1.29, 1.82) is 0 Å². The van der Waals surface area contributed by atoms with E-state index in [9.17, 15) is 0 Å². The molecule has 0 amide bonds. The minimum atomic E-state index is -0.221. The van der Waals surface area contributed by atoms with Crippen LogP contribution in [0.3, 0.4) is 0 Å². The molecular formula is C12H19BrN4O. The zero-order chi connectivity index (χ0) is 13.6. The molecule has 0 aromatic carbocycles. The molecule has 2 heterocycles. The summed E-state index contributed by atoms with van der Waals surface area (Å²) in [6, 6.07) is 0. The highest BCUT2D eigenvalue weighted by Gasteiger charge is 2.39. The summed E-state index contributed by atoms with van der Waals surface area (Å²) in [5.41, 5.74) is 5.23. The smallest absolute Gasteiger partial charge is 0.222 e. The standard InChI is InChI=1S/C12H19BrN4O/c1-11(2)6-17(7-12(3,4)18-11)9-8(13)5-15-10(14)16-9/h5H,6-7H2,1-4H3,(H2,14,15,16). The van der Waals surface area contributed by atoms with Crippen LogP contribution in [0.2, 0.25) is 0 Å². The van der Waals surface area contributed by atoms with Crippen LogP contribution in [0.4, 0.5) is 11.8 Å². The second-order valence-corrected chi connectivity index (χ2v) is 6.73. The third-order valence-corrected chi connectivity index (χ3v) is 3.30. The molecule has 1 saturated heterocycles. The molecule has 0 aliphatic carbocycles. The van der Waals surface area contributed by atoms with Gasteiger partial charge in [0, 0.05) is 19.3 Å². The van der Waals surface area contributed by atoms with E-state index in [1.807, 2.05) is 0 Å². The highest BCUT2D eigenvalue weighted by molar-refractivity contribution is 9.10. The second-order valence-electron chi connectivity index (χ2n) is 5.88. The lowest BCUT2D eigenvalue weighted by molar-refractivity contribution is -0.133. The summed E-state index contributed by atoms with van der Waals surface area (Å²) < 4.78 is 6.90. The minimum Gasteiger partial charge on any atom is -0.368 e. The summed E-state index contributed by atoms with van der Waals surface area (Å²) in [5, 5.41) is 0. The first kappa shape index (κ1) is 13.5. The fourth-order valence-corrected chi connectivity index (χ4v) is 2.97. The monoisotopic (exact) mass is 314 g/mol. The topological polar surface area (TPSA) is 64.3 Å². The Hall–Kier alpha value is -0.880. The molecule has 2 rings (SSSR count). The van der Waals surface area contributed by atoms with Crippen LogP contribution in [0, 0.1) is 0 Å². The third kappa shape index (κ3) is 2.92. The van der Waals surface area contributed by atoms with Crippen LogP contribution < -0.4 is 10.6 Å². The lowest BCUT2D eigenvalue weighted by atomic mass is 9.99. The van der Waals surface area contributed by atoms with Gasteiger partial charge in [-0.3, -0.25) is 0 Å². The molecule has 0 unspecified atom stereocenters. The fourth-order valence-electron chi connectivity index (χ4n) is 2.53. The Morgan fingerprint density at radius 1 is 1.28 bits per heavy atom. The number of nitrogens with two attached hydrogens (primary N) is 1. The first-order chi connectivity index (χ1) is 8.19. The van der Waals surface area contributed by atoms with E-state index in [1.165, 1.54) is 0 Å². The van der Waals surface area contributed by atoms with Crippen LogP contribution in [-0.4, -0.2) is 34.3 Å². The average Bonchev–Trinajstić information content (AvgIpc) is 2.17. The molecule has 5 nitrogen and oxygen atoms in total. The van der Waals surface area contributed by atoms with Gasteiger partial charge in [-0.15, -0.1) is 0 Å². The fraction of sp³-hybridized carbons (Fsp3) is 0.667. The van der Waals surface area contributed by atoms with Gasteiger partial charge in [0.1, 0.15) is 5.82 Å². The van der Waals surface area contributed by atoms with Gasteiger partial charge in [0.25, 0.3) is 0 Å². The quantitative estimate of drug-likeness (QED) is 0.861. The summed E-state index contributed by atoms with van der Waals surface area (Å²) in [4.78, 5) is 10.5. The number of aromatic nitrogens is 2. The Morgan fingerprint density at radius 3 is 2.39 bits per heavy atom. The van der Waals surface area contributed by atoms with E-state index in [-0.39, 0.29) is 17.2 Å². The molecule has 0 spiro atoms. The van der Waals surface area contributed by atoms with Gasteiger partial charge in [0.2, 0.25) is 5.95 Å². The van der Waals surface area contributed by atoms with Crippen molar-refractivity contribution in [3.63, 3.8) is 0 Å². The zero-order valence-electron chi connectivity index (χ0n) is 11.2. The van der Waals surface area contributed by atoms with Gasteiger partial charge in [-0.2, -0.15) is 4.98 Å². The number of morpholine rings is 1. The average molecular weight is 315 g/mol. The summed E-state index contributed by atoms with van der Waals surface area (Å²) in [5.74, 6) is 1.11. The normalized spacial score (nSPS) is 21.9. The molecule has 2 N–H and O–H groups in total. The first-order valence-electron chi connectivity index (χ1n) is 5.92. The largest absolute Gasteiger partial charge is 0.368 e. The molecule has 1 aliphatic rings. The van der Waals surface area contributed by atoms with Gasteiger partial charge in [-0.05, 0) is 43.6 Å². The number of anilines is 2. The summed E-state index contributed by atoms with van der Waals surface area (Å²) in [7, 11) is 0. The highest BCUT2D eigenvalue weighted by Crippen LogP contribution is 2.33. The number of nitrogen functional groups attached to an aromatic ring is 1. The molecular weight excluding hydrogens is 296 g/mol. The predicted molar refractivity (Wildman–Crippen MR) is 75.6 cm³/mol. The van der Waals surface area contributed by atoms with Gasteiger partial charge < -0.3 is 15.4 Å². The van der Waals surface area contributed by atoms with Gasteiger partial charge in [0.05, 0.1) is 15.7 Å². The zero-order valence-corrected chi connectivity index (χ0v) is 12.8. The molecule has 1 aliphatic heterocycles. The number of hydrogen-bond donors (Lipinski definition) is 1. The first-order valence-corrected chi connectivity index (χ1v) is 6.71. The van der Waals surface area contributed by atoms with Crippen LogP contribution in [0.5, 0.6) is 0 Å². The van der Waals surface area contributed by atoms with Crippen LogP contribution in [0.15, 0.2) is 10.7 Å². The maximum absolute atomic E-state index is 6.05. The van der Waals surface area contributed by atoms with Gasteiger partial charge >= 0.3 is 0 Å². The van der Waals surface area contributed by atoms with Crippen molar-refractivity contribution >= 4 is 27.7 Å². The number of rotatable bonds is 1. The molecule has 0 radical (unpaired) electrons. The van der Waals surface area contributed by atoms with E-state index in [0.29, 0.717) is 0 Å². The van der Waals surface area contributed by atoms with Crippen molar-refractivity contribution in [3.05, 3.63) is 10.7 Å². The lowest BCUT2D eigenvalue weighted by Gasteiger charge is -2.47. The van der Waals surface area contributed by atoms with Crippen LogP contribution in [0.25, 0.3) is 0 Å². The number of halogens is 1. The van der Waals surface area contributed by atoms with E-state index in [2.05, 4.69) is 58.5 Å². The molecule has 100 valence electrons. The Bertz CT molecular complexity index is 445. The van der Waals surface area contributed by atoms with Crippen molar-refractivity contribution in [1.82, 2.24) is 9.97 Å². The van der Waals surface area contributed by atoms with Crippen LogP contribution in [0.1, 0.15) is 27.7 Å². The van der Waals surface area contributed by atoms with Gasteiger partial charge in [-0.1, -0.05) is 0 Å². The Balaban J connectivity index is 2.35. The molecule has 0 bridgehead atoms. The minimum absolute atomic E-state index is 0.221. The van der Waals surface area contributed by atoms with E-state index in [4.69, 9.17) is 10.5 Å². The molecule has 0 saturated carbocycles. The number of ether oxygens (including phenoxy) is 1. The van der Waals surface area contributed by atoms with Crippen molar-refractivity contribution in [3.8, 4) is 0 Å². The molecule has 1 fully saturated rings. The van der Waals surface area contributed by atoms with Crippen molar-refractivity contribution < 1.29 is 4.74 Å². The summed E-state index contributed by atoms with van der Waals surface area (Å²) >= 11 is 3.48. The lowest BCUT2D eigenvalue weighted by Crippen LogP contribution is -2.57. The highest BCUT2D eigenvalue weighted by atomic mass is 79.9. The number of nitrogens with zero attached hydrogens (tertiary/aromatic N) is 3. The molecule has 18 heavy (non-hydrogen) atoms.